The second-order valence-electron chi connectivity index (χ2n) is 3.39. The number of hydrogen-bond acceptors (Lipinski definition) is 6. The summed E-state index contributed by atoms with van der Waals surface area (Å²) in [7, 11) is 1.30. The highest BCUT2D eigenvalue weighted by Gasteiger charge is 2.06. The minimum Gasteiger partial charge on any atom is -0.464 e. The molecule has 1 aromatic heterocycles. The molecular formula is C12H17N3O3. The first kappa shape index (κ1) is 14.1. The molecule has 0 atom stereocenters. The van der Waals surface area contributed by atoms with Gasteiger partial charge in [-0.2, -0.15) is 0 Å². The number of aromatic nitrogens is 2. The summed E-state index contributed by atoms with van der Waals surface area (Å²) in [6.07, 6.45) is 5.50. The van der Waals surface area contributed by atoms with Crippen LogP contribution in [0, 0.1) is 0 Å². The first-order valence-corrected chi connectivity index (χ1v) is 5.60. The van der Waals surface area contributed by atoms with Gasteiger partial charge >= 0.3 is 5.97 Å². The highest BCUT2D eigenvalue weighted by molar-refractivity contribution is 5.86. The fourth-order valence-electron chi connectivity index (χ4n) is 1.15. The molecule has 0 fully saturated rings. The van der Waals surface area contributed by atoms with E-state index in [0.29, 0.717) is 25.6 Å². The summed E-state index contributed by atoms with van der Waals surface area (Å²) >= 11 is 0. The van der Waals surface area contributed by atoms with Gasteiger partial charge in [0.05, 0.1) is 32.7 Å². The van der Waals surface area contributed by atoms with E-state index in [2.05, 4.69) is 26.6 Å². The summed E-state index contributed by atoms with van der Waals surface area (Å²) in [6, 6.07) is 0. The zero-order valence-electron chi connectivity index (χ0n) is 10.4. The second kappa shape index (κ2) is 8.19. The van der Waals surface area contributed by atoms with Crippen molar-refractivity contribution in [3.8, 4) is 0 Å². The summed E-state index contributed by atoms with van der Waals surface area (Å²) in [5.41, 5.74) is 0.185. The number of rotatable bonds is 8. The molecule has 1 N–H and O–H groups in total. The van der Waals surface area contributed by atoms with Crippen LogP contribution in [0.4, 0.5) is 5.82 Å². The van der Waals surface area contributed by atoms with Crippen LogP contribution in [0.15, 0.2) is 25.0 Å². The van der Waals surface area contributed by atoms with Crippen molar-refractivity contribution >= 4 is 11.8 Å². The van der Waals surface area contributed by atoms with E-state index < -0.39 is 5.97 Å². The van der Waals surface area contributed by atoms with Gasteiger partial charge in [-0.1, -0.05) is 6.08 Å². The maximum Gasteiger partial charge on any atom is 0.358 e. The fraction of sp³-hybridized carbons (Fsp3) is 0.417. The third-order valence-corrected chi connectivity index (χ3v) is 2.07. The molecule has 18 heavy (non-hydrogen) atoms. The van der Waals surface area contributed by atoms with Crippen LogP contribution in [0.2, 0.25) is 0 Å². The standard InChI is InChI=1S/C12H17N3O3/c1-3-4-6-18-7-5-13-11-9-14-10(8-15-11)12(16)17-2/h3,8-9H,1,4-7H2,2H3,(H,13,15). The molecule has 0 amide bonds. The molecule has 1 aromatic rings. The van der Waals surface area contributed by atoms with Gasteiger partial charge in [-0.25, -0.2) is 14.8 Å². The van der Waals surface area contributed by atoms with E-state index in [9.17, 15) is 4.79 Å². The van der Waals surface area contributed by atoms with Crippen LogP contribution in [0.5, 0.6) is 0 Å². The Balaban J connectivity index is 2.26. The van der Waals surface area contributed by atoms with Crippen LogP contribution in [-0.2, 0) is 9.47 Å². The van der Waals surface area contributed by atoms with E-state index in [1.807, 2.05) is 6.08 Å². The van der Waals surface area contributed by atoms with Gasteiger partial charge < -0.3 is 14.8 Å². The monoisotopic (exact) mass is 251 g/mol. The number of methoxy groups -OCH3 is 1. The van der Waals surface area contributed by atoms with Crippen molar-refractivity contribution in [1.29, 1.82) is 0 Å². The quantitative estimate of drug-likeness (QED) is 0.426. The van der Waals surface area contributed by atoms with Crippen LogP contribution in [0.3, 0.4) is 0 Å². The number of anilines is 1. The average molecular weight is 251 g/mol. The number of hydrogen-bond donors (Lipinski definition) is 1. The summed E-state index contributed by atoms with van der Waals surface area (Å²) in [6.45, 7) is 5.47. The van der Waals surface area contributed by atoms with Gasteiger partial charge in [0.1, 0.15) is 5.82 Å². The zero-order valence-corrected chi connectivity index (χ0v) is 10.4. The van der Waals surface area contributed by atoms with Crippen molar-refractivity contribution in [1.82, 2.24) is 9.97 Å². The summed E-state index contributed by atoms with van der Waals surface area (Å²) in [4.78, 5) is 19.1. The van der Waals surface area contributed by atoms with Gasteiger partial charge in [-0.3, -0.25) is 0 Å². The van der Waals surface area contributed by atoms with Crippen molar-refractivity contribution in [2.24, 2.45) is 0 Å². The molecule has 6 nitrogen and oxygen atoms in total. The first-order chi connectivity index (χ1) is 8.77. The normalized spacial score (nSPS) is 9.83. The van der Waals surface area contributed by atoms with Crippen LogP contribution in [-0.4, -0.2) is 42.8 Å². The van der Waals surface area contributed by atoms with Crippen molar-refractivity contribution in [2.75, 3.05) is 32.2 Å². The highest BCUT2D eigenvalue weighted by atomic mass is 16.5. The molecule has 0 saturated carbocycles. The summed E-state index contributed by atoms with van der Waals surface area (Å²) < 4.78 is 9.84. The van der Waals surface area contributed by atoms with E-state index in [1.165, 1.54) is 19.5 Å². The molecule has 6 heteroatoms. The van der Waals surface area contributed by atoms with Crippen molar-refractivity contribution < 1.29 is 14.3 Å². The number of carbonyl (C=O) groups is 1. The second-order valence-corrected chi connectivity index (χ2v) is 3.39. The molecular weight excluding hydrogens is 234 g/mol. The van der Waals surface area contributed by atoms with Crippen LogP contribution in [0.1, 0.15) is 16.9 Å². The Labute approximate surface area is 106 Å². The lowest BCUT2D eigenvalue weighted by Crippen LogP contribution is -2.12. The lowest BCUT2D eigenvalue weighted by Gasteiger charge is -2.06. The van der Waals surface area contributed by atoms with Crippen LogP contribution < -0.4 is 5.32 Å². The molecule has 0 saturated heterocycles. The zero-order chi connectivity index (χ0) is 13.2. The maximum absolute atomic E-state index is 11.1. The fourth-order valence-corrected chi connectivity index (χ4v) is 1.15. The molecule has 1 heterocycles. The smallest absolute Gasteiger partial charge is 0.358 e. The summed E-state index contributed by atoms with van der Waals surface area (Å²) in [5.74, 6) is 0.0942. The van der Waals surface area contributed by atoms with E-state index >= 15 is 0 Å². The van der Waals surface area contributed by atoms with Gasteiger partial charge in [0, 0.05) is 6.54 Å². The van der Waals surface area contributed by atoms with Crippen LogP contribution >= 0.6 is 0 Å². The molecule has 98 valence electrons. The molecule has 0 aliphatic rings. The van der Waals surface area contributed by atoms with Gasteiger partial charge in [-0.05, 0) is 6.42 Å². The molecule has 0 aromatic carbocycles. The third kappa shape index (κ3) is 4.92. The molecule has 0 bridgehead atoms. The SMILES string of the molecule is C=CCCOCCNc1cnc(C(=O)OC)cn1. The van der Waals surface area contributed by atoms with E-state index in [-0.39, 0.29) is 5.69 Å². The Morgan fingerprint density at radius 3 is 2.89 bits per heavy atom. The predicted octanol–water partition coefficient (Wildman–Crippen LogP) is 1.27. The minimum absolute atomic E-state index is 0.185. The van der Waals surface area contributed by atoms with E-state index in [1.54, 1.807) is 0 Å². The largest absolute Gasteiger partial charge is 0.464 e. The number of esters is 1. The lowest BCUT2D eigenvalue weighted by molar-refractivity contribution is 0.0593. The number of nitrogens with one attached hydrogen (secondary N) is 1. The Hall–Kier alpha value is -1.95. The summed E-state index contributed by atoms with van der Waals surface area (Å²) in [5, 5.41) is 3.03. The van der Waals surface area contributed by atoms with Gasteiger partial charge in [0.2, 0.25) is 0 Å². The van der Waals surface area contributed by atoms with Gasteiger partial charge in [0.25, 0.3) is 0 Å². The highest BCUT2D eigenvalue weighted by Crippen LogP contribution is 2.01. The molecule has 0 aliphatic heterocycles. The Morgan fingerprint density at radius 1 is 1.44 bits per heavy atom. The Kier molecular flexibility index (Phi) is 6.42. The van der Waals surface area contributed by atoms with Crippen molar-refractivity contribution in [3.05, 3.63) is 30.7 Å². The average Bonchev–Trinajstić information content (AvgIpc) is 2.42. The van der Waals surface area contributed by atoms with Gasteiger partial charge in [-0.15, -0.1) is 6.58 Å². The third-order valence-electron chi connectivity index (χ3n) is 2.07. The van der Waals surface area contributed by atoms with E-state index in [4.69, 9.17) is 4.74 Å². The molecule has 1 rings (SSSR count). The number of nitrogens with zero attached hydrogens (tertiary/aromatic N) is 2. The Bertz CT molecular complexity index is 379. The predicted molar refractivity (Wildman–Crippen MR) is 67.5 cm³/mol. The minimum atomic E-state index is -0.498. The molecule has 0 spiro atoms. The van der Waals surface area contributed by atoms with Gasteiger partial charge in [0.15, 0.2) is 5.69 Å². The first-order valence-electron chi connectivity index (χ1n) is 5.60. The lowest BCUT2D eigenvalue weighted by atomic mass is 10.4. The molecule has 0 aliphatic carbocycles. The number of ether oxygens (including phenoxy) is 2. The number of carbonyl (C=O) groups excluding carboxylic acids is 1. The van der Waals surface area contributed by atoms with Crippen molar-refractivity contribution in [3.63, 3.8) is 0 Å². The topological polar surface area (TPSA) is 73.3 Å². The maximum atomic E-state index is 11.1. The van der Waals surface area contributed by atoms with Crippen LogP contribution in [0.25, 0.3) is 0 Å². The molecule has 0 unspecified atom stereocenters. The Morgan fingerprint density at radius 2 is 2.28 bits per heavy atom. The van der Waals surface area contributed by atoms with E-state index in [0.717, 1.165) is 6.42 Å². The molecule has 0 radical (unpaired) electrons. The van der Waals surface area contributed by atoms with Crippen molar-refractivity contribution in [2.45, 2.75) is 6.42 Å².